The molecular weight excluding hydrogens is 326 g/mol. The Morgan fingerprint density at radius 3 is 2.48 bits per heavy atom. The topological polar surface area (TPSA) is 28.2 Å². The zero-order valence-corrected chi connectivity index (χ0v) is 16.2. The zero-order chi connectivity index (χ0) is 17.1. The first-order chi connectivity index (χ1) is 12.3. The number of fused-ring (bicyclic) bond motifs is 1. The van der Waals surface area contributed by atoms with E-state index >= 15 is 0 Å². The summed E-state index contributed by atoms with van der Waals surface area (Å²) >= 11 is 1.90. The van der Waals surface area contributed by atoms with Crippen LogP contribution in [-0.4, -0.2) is 42.1 Å². The van der Waals surface area contributed by atoms with Crippen molar-refractivity contribution in [1.29, 1.82) is 0 Å². The molecule has 1 unspecified atom stereocenters. The molecule has 5 rings (SSSR count). The van der Waals surface area contributed by atoms with E-state index in [9.17, 15) is 0 Å². The van der Waals surface area contributed by atoms with Crippen LogP contribution in [0.1, 0.15) is 56.4 Å². The second-order valence-electron chi connectivity index (χ2n) is 8.01. The number of nitrogens with zero attached hydrogens (tertiary/aromatic N) is 2. The van der Waals surface area contributed by atoms with Crippen LogP contribution in [0, 0.1) is 5.92 Å². The molecule has 1 N–H and O–H groups in total. The highest BCUT2D eigenvalue weighted by molar-refractivity contribution is 7.18. The Hall–Kier alpha value is -0.970. The molecule has 0 radical (unpaired) electrons. The largest absolute Gasteiger partial charge is 0.316 e. The molecule has 1 atom stereocenters. The van der Waals surface area contributed by atoms with E-state index in [1.165, 1.54) is 79.9 Å². The van der Waals surface area contributed by atoms with E-state index in [-0.39, 0.29) is 0 Å². The maximum Gasteiger partial charge on any atom is 0.0970 e. The fourth-order valence-corrected chi connectivity index (χ4v) is 5.18. The fraction of sp³-hybridized carbons (Fsp3) is 0.667. The smallest absolute Gasteiger partial charge is 0.0970 e. The normalized spacial score (nSPS) is 25.6. The van der Waals surface area contributed by atoms with Gasteiger partial charge in [-0.05, 0) is 82.8 Å². The van der Waals surface area contributed by atoms with Gasteiger partial charge in [0.05, 0.1) is 15.2 Å². The molecule has 0 spiro atoms. The maximum atomic E-state index is 4.82. The minimum absolute atomic E-state index is 0.706. The molecule has 2 aromatic rings. The highest BCUT2D eigenvalue weighted by atomic mass is 32.1. The van der Waals surface area contributed by atoms with Gasteiger partial charge in [0.2, 0.25) is 0 Å². The number of nitrogens with one attached hydrogen (secondary N) is 1. The minimum Gasteiger partial charge on any atom is -0.316 e. The average molecular weight is 358 g/mol. The molecule has 2 saturated heterocycles. The highest BCUT2D eigenvalue weighted by Crippen LogP contribution is 2.37. The van der Waals surface area contributed by atoms with Crippen molar-refractivity contribution >= 4 is 21.6 Å². The van der Waals surface area contributed by atoms with Crippen molar-refractivity contribution in [3.05, 3.63) is 29.3 Å². The highest BCUT2D eigenvalue weighted by Gasteiger charge is 2.32. The van der Waals surface area contributed by atoms with E-state index in [4.69, 9.17) is 4.98 Å². The second-order valence-corrected chi connectivity index (χ2v) is 9.07. The first-order valence-electron chi connectivity index (χ1n) is 10.1. The summed E-state index contributed by atoms with van der Waals surface area (Å²) in [5, 5.41) is 4.70. The third-order valence-electron chi connectivity index (χ3n) is 5.80. The summed E-state index contributed by atoms with van der Waals surface area (Å²) in [6, 6.07) is 9.45. The van der Waals surface area contributed by atoms with Crippen molar-refractivity contribution in [2.24, 2.45) is 5.92 Å². The summed E-state index contributed by atoms with van der Waals surface area (Å²) in [7, 11) is 0. The lowest BCUT2D eigenvalue weighted by molar-refractivity contribution is 0.203. The van der Waals surface area contributed by atoms with Gasteiger partial charge in [0, 0.05) is 12.0 Å². The third-order valence-corrected chi connectivity index (χ3v) is 6.99. The van der Waals surface area contributed by atoms with Gasteiger partial charge in [-0.2, -0.15) is 0 Å². The van der Waals surface area contributed by atoms with Crippen LogP contribution in [0.3, 0.4) is 0 Å². The van der Waals surface area contributed by atoms with E-state index in [1.54, 1.807) is 0 Å². The van der Waals surface area contributed by atoms with Gasteiger partial charge in [0.25, 0.3) is 0 Å². The Morgan fingerprint density at radius 2 is 1.88 bits per heavy atom. The number of para-hydroxylation sites is 1. The third kappa shape index (κ3) is 4.60. The Bertz CT molecular complexity index is 632. The predicted octanol–water partition coefficient (Wildman–Crippen LogP) is 4.64. The van der Waals surface area contributed by atoms with Crippen molar-refractivity contribution in [3.8, 4) is 0 Å². The number of hydrogen-bond acceptors (Lipinski definition) is 4. The Morgan fingerprint density at radius 1 is 1.08 bits per heavy atom. The molecular formula is C21H31N3S. The van der Waals surface area contributed by atoms with Crippen LogP contribution < -0.4 is 5.32 Å². The van der Waals surface area contributed by atoms with Crippen LogP contribution in [0.15, 0.2) is 24.3 Å². The molecule has 3 heterocycles. The van der Waals surface area contributed by atoms with Gasteiger partial charge in [-0.15, -0.1) is 11.3 Å². The molecule has 1 aromatic carbocycles. The molecule has 3 nitrogen and oxygen atoms in total. The number of likely N-dealkylation sites (tertiary alicyclic amines) is 1. The van der Waals surface area contributed by atoms with E-state index in [0.717, 1.165) is 12.0 Å². The molecule has 1 aliphatic carbocycles. The number of hydrogen-bond donors (Lipinski definition) is 1. The van der Waals surface area contributed by atoms with Crippen molar-refractivity contribution in [2.45, 2.75) is 57.4 Å². The number of piperidine rings is 2. The molecule has 136 valence electrons. The molecule has 0 bridgehead atoms. The molecule has 2 aliphatic heterocycles. The Labute approximate surface area is 155 Å². The molecule has 0 amide bonds. The van der Waals surface area contributed by atoms with Crippen LogP contribution >= 0.6 is 11.3 Å². The summed E-state index contributed by atoms with van der Waals surface area (Å²) < 4.78 is 1.34. The summed E-state index contributed by atoms with van der Waals surface area (Å²) in [6.45, 7) is 7.34. The maximum absolute atomic E-state index is 4.82. The van der Waals surface area contributed by atoms with Crippen LogP contribution in [0.4, 0.5) is 0 Å². The van der Waals surface area contributed by atoms with Crippen LogP contribution in [-0.2, 0) is 0 Å². The lowest BCUT2D eigenvalue weighted by Gasteiger charge is -2.30. The lowest BCUT2D eigenvalue weighted by Crippen LogP contribution is -2.34. The van der Waals surface area contributed by atoms with Gasteiger partial charge in [-0.1, -0.05) is 19.1 Å². The van der Waals surface area contributed by atoms with Gasteiger partial charge in [0.15, 0.2) is 0 Å². The number of benzene rings is 1. The second kappa shape index (κ2) is 8.15. The zero-order valence-electron chi connectivity index (χ0n) is 15.4. The Balaban J connectivity index is 0.000000190. The monoisotopic (exact) mass is 357 g/mol. The summed E-state index contributed by atoms with van der Waals surface area (Å²) in [5.74, 6) is 1.63. The predicted molar refractivity (Wildman–Crippen MR) is 107 cm³/mol. The molecule has 25 heavy (non-hydrogen) atoms. The molecule has 4 heteroatoms. The molecule has 3 fully saturated rings. The van der Waals surface area contributed by atoms with E-state index in [0.29, 0.717) is 5.92 Å². The van der Waals surface area contributed by atoms with Gasteiger partial charge in [-0.3, -0.25) is 0 Å². The standard InChI is InChI=1S/C15H18N2S.C6H13N/c1-2-4-14-13(3-1)16-15(18-14)11-7-9-17(10-8-11)12-5-6-12;1-6-3-2-4-7-5-6/h1-4,11-12H,5-10H2;6-7H,2-5H2,1H3. The first-order valence-corrected chi connectivity index (χ1v) is 10.9. The summed E-state index contributed by atoms with van der Waals surface area (Å²) in [5.41, 5.74) is 1.18. The van der Waals surface area contributed by atoms with E-state index < -0.39 is 0 Å². The summed E-state index contributed by atoms with van der Waals surface area (Å²) in [6.07, 6.45) is 8.28. The van der Waals surface area contributed by atoms with Crippen LogP contribution in [0.5, 0.6) is 0 Å². The number of aromatic nitrogens is 1. The van der Waals surface area contributed by atoms with Gasteiger partial charge >= 0.3 is 0 Å². The molecule has 3 aliphatic rings. The van der Waals surface area contributed by atoms with Gasteiger partial charge < -0.3 is 10.2 Å². The van der Waals surface area contributed by atoms with Crippen molar-refractivity contribution in [1.82, 2.24) is 15.2 Å². The minimum atomic E-state index is 0.706. The van der Waals surface area contributed by atoms with Gasteiger partial charge in [0.1, 0.15) is 0 Å². The molecule has 1 aromatic heterocycles. The van der Waals surface area contributed by atoms with Crippen LogP contribution in [0.2, 0.25) is 0 Å². The van der Waals surface area contributed by atoms with Gasteiger partial charge in [-0.25, -0.2) is 4.98 Å². The SMILES string of the molecule is CC1CCCNC1.c1ccc2sc(C3CCN(C4CC4)CC3)nc2c1. The van der Waals surface area contributed by atoms with E-state index in [2.05, 4.69) is 41.4 Å². The van der Waals surface area contributed by atoms with Crippen molar-refractivity contribution in [3.63, 3.8) is 0 Å². The summed E-state index contributed by atoms with van der Waals surface area (Å²) in [4.78, 5) is 7.51. The average Bonchev–Trinajstić information content (AvgIpc) is 3.41. The molecule has 1 saturated carbocycles. The lowest BCUT2D eigenvalue weighted by atomic mass is 9.97. The quantitative estimate of drug-likeness (QED) is 0.848. The fourth-order valence-electron chi connectivity index (χ4n) is 4.04. The number of thiazole rings is 1. The van der Waals surface area contributed by atoms with Crippen molar-refractivity contribution < 1.29 is 0 Å². The van der Waals surface area contributed by atoms with Crippen molar-refractivity contribution in [2.75, 3.05) is 26.2 Å². The van der Waals surface area contributed by atoms with Crippen LogP contribution in [0.25, 0.3) is 10.2 Å². The first kappa shape index (κ1) is 17.4. The Kier molecular flexibility index (Phi) is 5.69. The van der Waals surface area contributed by atoms with E-state index in [1.807, 2.05) is 11.3 Å². The number of rotatable bonds is 2.